The van der Waals surface area contributed by atoms with Gasteiger partial charge in [-0.2, -0.15) is 0 Å². The molecular weight excluding hydrogens is 258 g/mol. The van der Waals surface area contributed by atoms with Crippen LogP contribution in [0.25, 0.3) is 0 Å². The number of aromatic carboxylic acids is 1. The SMILES string of the molecule is CCSc1cccc(NC(C)(C)C2CC2)c1C(=O)O. The summed E-state index contributed by atoms with van der Waals surface area (Å²) in [7, 11) is 0. The molecule has 19 heavy (non-hydrogen) atoms. The zero-order valence-electron chi connectivity index (χ0n) is 11.7. The van der Waals surface area contributed by atoms with E-state index >= 15 is 0 Å². The van der Waals surface area contributed by atoms with Crippen molar-refractivity contribution < 1.29 is 9.90 Å². The van der Waals surface area contributed by atoms with Gasteiger partial charge < -0.3 is 10.4 Å². The van der Waals surface area contributed by atoms with Crippen molar-refractivity contribution in [2.45, 2.75) is 44.0 Å². The summed E-state index contributed by atoms with van der Waals surface area (Å²) in [5.74, 6) is 0.665. The maximum Gasteiger partial charge on any atom is 0.338 e. The molecule has 1 aliphatic rings. The number of carbonyl (C=O) groups is 1. The van der Waals surface area contributed by atoms with Crippen LogP contribution in [0.4, 0.5) is 5.69 Å². The average Bonchev–Trinajstić information content (AvgIpc) is 3.12. The third-order valence-corrected chi connectivity index (χ3v) is 4.53. The molecule has 0 atom stereocenters. The molecule has 0 aromatic heterocycles. The van der Waals surface area contributed by atoms with Crippen molar-refractivity contribution in [2.75, 3.05) is 11.1 Å². The summed E-state index contributed by atoms with van der Waals surface area (Å²) >= 11 is 1.57. The summed E-state index contributed by atoms with van der Waals surface area (Å²) in [5.41, 5.74) is 1.10. The number of carboxylic acid groups (broad SMARTS) is 1. The van der Waals surface area contributed by atoms with Gasteiger partial charge in [0.2, 0.25) is 0 Å². The Morgan fingerprint density at radius 1 is 1.47 bits per heavy atom. The maximum absolute atomic E-state index is 11.5. The van der Waals surface area contributed by atoms with Crippen LogP contribution in [0.2, 0.25) is 0 Å². The number of hydrogen-bond acceptors (Lipinski definition) is 3. The molecule has 1 saturated carbocycles. The molecule has 1 aliphatic carbocycles. The average molecular weight is 279 g/mol. The molecule has 0 saturated heterocycles. The van der Waals surface area contributed by atoms with Crippen LogP contribution in [0.5, 0.6) is 0 Å². The topological polar surface area (TPSA) is 49.3 Å². The van der Waals surface area contributed by atoms with E-state index in [-0.39, 0.29) is 5.54 Å². The van der Waals surface area contributed by atoms with Crippen LogP contribution in [0.15, 0.2) is 23.1 Å². The van der Waals surface area contributed by atoms with Gasteiger partial charge >= 0.3 is 5.97 Å². The highest BCUT2D eigenvalue weighted by Gasteiger charge is 2.38. The summed E-state index contributed by atoms with van der Waals surface area (Å²) in [6.45, 7) is 6.33. The summed E-state index contributed by atoms with van der Waals surface area (Å²) < 4.78 is 0. The first-order chi connectivity index (χ1) is 8.95. The molecule has 0 bridgehead atoms. The van der Waals surface area contributed by atoms with E-state index in [0.29, 0.717) is 11.5 Å². The fraction of sp³-hybridized carbons (Fsp3) is 0.533. The first kappa shape index (κ1) is 14.3. The van der Waals surface area contributed by atoms with Crippen LogP contribution in [-0.4, -0.2) is 22.4 Å². The van der Waals surface area contributed by atoms with E-state index in [9.17, 15) is 9.90 Å². The molecule has 0 unspecified atom stereocenters. The number of rotatable bonds is 6. The first-order valence-electron chi connectivity index (χ1n) is 6.73. The Balaban J connectivity index is 2.33. The van der Waals surface area contributed by atoms with Gasteiger partial charge in [-0.3, -0.25) is 0 Å². The smallest absolute Gasteiger partial charge is 0.338 e. The minimum absolute atomic E-state index is 0.0420. The van der Waals surface area contributed by atoms with E-state index in [0.717, 1.165) is 16.3 Å². The van der Waals surface area contributed by atoms with Gasteiger partial charge in [-0.05, 0) is 50.5 Å². The fourth-order valence-corrected chi connectivity index (χ4v) is 3.21. The second-order valence-corrected chi connectivity index (χ2v) is 6.84. The van der Waals surface area contributed by atoms with Crippen molar-refractivity contribution in [1.29, 1.82) is 0 Å². The third-order valence-electron chi connectivity index (χ3n) is 3.59. The molecule has 104 valence electrons. The fourth-order valence-electron chi connectivity index (χ4n) is 2.39. The Morgan fingerprint density at radius 2 is 2.16 bits per heavy atom. The lowest BCUT2D eigenvalue weighted by molar-refractivity contribution is 0.0694. The Morgan fingerprint density at radius 3 is 2.68 bits per heavy atom. The van der Waals surface area contributed by atoms with Crippen LogP contribution < -0.4 is 5.32 Å². The largest absolute Gasteiger partial charge is 0.478 e. The van der Waals surface area contributed by atoms with E-state index in [1.807, 2.05) is 25.1 Å². The molecule has 0 amide bonds. The minimum Gasteiger partial charge on any atom is -0.478 e. The summed E-state index contributed by atoms with van der Waals surface area (Å²) in [6, 6.07) is 5.68. The second kappa shape index (κ2) is 5.45. The highest BCUT2D eigenvalue weighted by Crippen LogP contribution is 2.42. The van der Waals surface area contributed by atoms with Crippen LogP contribution in [0, 0.1) is 5.92 Å². The van der Waals surface area contributed by atoms with Crippen molar-refractivity contribution in [2.24, 2.45) is 5.92 Å². The van der Waals surface area contributed by atoms with Crippen molar-refractivity contribution in [3.8, 4) is 0 Å². The highest BCUT2D eigenvalue weighted by molar-refractivity contribution is 7.99. The van der Waals surface area contributed by atoms with Gasteiger partial charge in [-0.1, -0.05) is 13.0 Å². The molecule has 0 aliphatic heterocycles. The van der Waals surface area contributed by atoms with E-state index in [4.69, 9.17) is 0 Å². The monoisotopic (exact) mass is 279 g/mol. The normalized spacial score (nSPS) is 15.3. The quantitative estimate of drug-likeness (QED) is 0.770. The molecular formula is C15H21NO2S. The number of thioether (sulfide) groups is 1. The molecule has 2 N–H and O–H groups in total. The molecule has 3 nitrogen and oxygen atoms in total. The molecule has 0 spiro atoms. The lowest BCUT2D eigenvalue weighted by Gasteiger charge is -2.28. The van der Waals surface area contributed by atoms with Crippen LogP contribution in [-0.2, 0) is 0 Å². The first-order valence-corrected chi connectivity index (χ1v) is 7.71. The predicted octanol–water partition coefficient (Wildman–Crippen LogP) is 4.10. The predicted molar refractivity (Wildman–Crippen MR) is 80.2 cm³/mol. The zero-order valence-corrected chi connectivity index (χ0v) is 12.5. The van der Waals surface area contributed by atoms with E-state index in [2.05, 4.69) is 19.2 Å². The molecule has 1 aromatic carbocycles. The summed E-state index contributed by atoms with van der Waals surface area (Å²) in [6.07, 6.45) is 2.46. The zero-order chi connectivity index (χ0) is 14.0. The lowest BCUT2D eigenvalue weighted by atomic mass is 9.97. The van der Waals surface area contributed by atoms with Crippen molar-refractivity contribution in [3.63, 3.8) is 0 Å². The van der Waals surface area contributed by atoms with E-state index in [1.54, 1.807) is 11.8 Å². The van der Waals surface area contributed by atoms with Gasteiger partial charge in [0, 0.05) is 10.4 Å². The van der Waals surface area contributed by atoms with Gasteiger partial charge in [-0.15, -0.1) is 11.8 Å². The summed E-state index contributed by atoms with van der Waals surface area (Å²) in [4.78, 5) is 12.4. The molecule has 4 heteroatoms. The van der Waals surface area contributed by atoms with Gasteiger partial charge in [0.15, 0.2) is 0 Å². The Labute approximate surface area is 118 Å². The Hall–Kier alpha value is -1.16. The number of nitrogens with one attached hydrogen (secondary N) is 1. The molecule has 1 aromatic rings. The van der Waals surface area contributed by atoms with E-state index < -0.39 is 5.97 Å². The minimum atomic E-state index is -0.856. The lowest BCUT2D eigenvalue weighted by Crippen LogP contribution is -2.34. The van der Waals surface area contributed by atoms with Gasteiger partial charge in [0.25, 0.3) is 0 Å². The van der Waals surface area contributed by atoms with Crippen LogP contribution >= 0.6 is 11.8 Å². The summed E-state index contributed by atoms with van der Waals surface area (Å²) in [5, 5.41) is 12.9. The second-order valence-electron chi connectivity index (χ2n) is 5.54. The van der Waals surface area contributed by atoms with Gasteiger partial charge in [-0.25, -0.2) is 4.79 Å². The Bertz CT molecular complexity index is 481. The maximum atomic E-state index is 11.5. The van der Waals surface area contributed by atoms with Gasteiger partial charge in [0.05, 0.1) is 11.3 Å². The standard InChI is InChI=1S/C15H21NO2S/c1-4-19-12-7-5-6-11(13(12)14(17)18)16-15(2,3)10-8-9-10/h5-7,10,16H,4,8-9H2,1-3H3,(H,17,18). The van der Waals surface area contributed by atoms with Crippen molar-refractivity contribution in [1.82, 2.24) is 0 Å². The number of hydrogen-bond donors (Lipinski definition) is 2. The van der Waals surface area contributed by atoms with E-state index in [1.165, 1.54) is 12.8 Å². The number of anilines is 1. The molecule has 1 fully saturated rings. The molecule has 0 radical (unpaired) electrons. The number of carboxylic acids is 1. The van der Waals surface area contributed by atoms with Gasteiger partial charge in [0.1, 0.15) is 0 Å². The third kappa shape index (κ3) is 3.24. The van der Waals surface area contributed by atoms with Crippen molar-refractivity contribution >= 4 is 23.4 Å². The van der Waals surface area contributed by atoms with Crippen molar-refractivity contribution in [3.05, 3.63) is 23.8 Å². The Kier molecular flexibility index (Phi) is 4.09. The van der Waals surface area contributed by atoms with Crippen LogP contribution in [0.3, 0.4) is 0 Å². The van der Waals surface area contributed by atoms with Crippen LogP contribution in [0.1, 0.15) is 44.0 Å². The highest BCUT2D eigenvalue weighted by atomic mass is 32.2. The molecule has 2 rings (SSSR count). The molecule has 0 heterocycles. The number of benzene rings is 1.